The van der Waals surface area contributed by atoms with Crippen molar-refractivity contribution in [1.29, 1.82) is 0 Å². The van der Waals surface area contributed by atoms with E-state index in [1.807, 2.05) is 6.07 Å². The number of allylic oxidation sites excluding steroid dienone is 1. The fraction of sp³-hybridized carbons (Fsp3) is 0.500. The van der Waals surface area contributed by atoms with Gasteiger partial charge in [-0.1, -0.05) is 74.4 Å². The quantitative estimate of drug-likeness (QED) is 0.212. The number of esters is 2. The number of hydrogen-bond acceptors (Lipinski definition) is 8. The van der Waals surface area contributed by atoms with Crippen molar-refractivity contribution in [2.45, 2.75) is 90.4 Å². The molecule has 0 amide bonds. The van der Waals surface area contributed by atoms with Crippen molar-refractivity contribution < 1.29 is 23.5 Å². The summed E-state index contributed by atoms with van der Waals surface area (Å²) in [7, 11) is 0. The number of rotatable bonds is 7. The van der Waals surface area contributed by atoms with E-state index in [2.05, 4.69) is 79.1 Å². The molecule has 250 valence electrons. The van der Waals surface area contributed by atoms with Gasteiger partial charge in [-0.15, -0.1) is 0 Å². The van der Waals surface area contributed by atoms with Gasteiger partial charge in [0.2, 0.25) is 0 Å². The smallest absolute Gasteiger partial charge is 0.422 e. The minimum absolute atomic E-state index is 0.0981. The number of cyclic esters (lactones) is 1. The van der Waals surface area contributed by atoms with Gasteiger partial charge in [-0.2, -0.15) is 0 Å². The Balaban J connectivity index is 1.33. The molecule has 2 aliphatic heterocycles. The maximum Gasteiger partial charge on any atom is 0.422 e. The second kappa shape index (κ2) is 14.0. The first-order chi connectivity index (χ1) is 22.8. The van der Waals surface area contributed by atoms with Crippen LogP contribution in [0.1, 0.15) is 95.4 Å². The lowest BCUT2D eigenvalue weighted by Gasteiger charge is -2.49. The van der Waals surface area contributed by atoms with E-state index in [0.717, 1.165) is 58.4 Å². The number of benzene rings is 2. The van der Waals surface area contributed by atoms with E-state index in [4.69, 9.17) is 13.9 Å². The van der Waals surface area contributed by atoms with E-state index in [9.17, 15) is 14.4 Å². The van der Waals surface area contributed by atoms with Crippen LogP contribution in [-0.2, 0) is 31.1 Å². The second-order valence-electron chi connectivity index (χ2n) is 13.1. The monoisotopic (exact) mass is 641 g/mol. The fourth-order valence-electron chi connectivity index (χ4n) is 7.98. The topological polar surface area (TPSA) is 94.2 Å². The molecule has 0 N–H and O–H groups in total. The van der Waals surface area contributed by atoms with Gasteiger partial charge in [-0.25, -0.2) is 14.2 Å². The van der Waals surface area contributed by atoms with Gasteiger partial charge in [0.25, 0.3) is 6.23 Å². The molecule has 3 aliphatic rings. The summed E-state index contributed by atoms with van der Waals surface area (Å²) in [5.74, 6) is -1.64. The molecule has 0 saturated carbocycles. The Morgan fingerprint density at radius 2 is 1.66 bits per heavy atom. The third-order valence-corrected chi connectivity index (χ3v) is 10.3. The molecule has 1 aromatic heterocycles. The van der Waals surface area contributed by atoms with Gasteiger partial charge in [-0.05, 0) is 67.9 Å². The first-order valence-electron chi connectivity index (χ1n) is 17.2. The Hall–Kier alpha value is -3.95. The van der Waals surface area contributed by atoms with Crippen LogP contribution in [0.4, 0.5) is 0 Å². The van der Waals surface area contributed by atoms with E-state index in [0.29, 0.717) is 17.9 Å². The fourth-order valence-corrected chi connectivity index (χ4v) is 7.98. The summed E-state index contributed by atoms with van der Waals surface area (Å²) in [5.41, 5.74) is 6.19. The van der Waals surface area contributed by atoms with Gasteiger partial charge in [0.1, 0.15) is 5.54 Å². The summed E-state index contributed by atoms with van der Waals surface area (Å²) in [4.78, 5) is 44.7. The highest BCUT2D eigenvalue weighted by Gasteiger charge is 2.51. The van der Waals surface area contributed by atoms with Crippen LogP contribution in [0.2, 0.25) is 0 Å². The number of nitrogens with zero attached hydrogens (tertiary/aromatic N) is 3. The molecule has 3 unspecified atom stereocenters. The molecule has 1 fully saturated rings. The predicted octanol–water partition coefficient (Wildman–Crippen LogP) is 6.53. The number of piperazine rings is 1. The van der Waals surface area contributed by atoms with E-state index in [1.165, 1.54) is 32.4 Å². The lowest BCUT2D eigenvalue weighted by Crippen LogP contribution is -2.56. The predicted molar refractivity (Wildman–Crippen MR) is 180 cm³/mol. The van der Waals surface area contributed by atoms with Crippen molar-refractivity contribution in [2.24, 2.45) is 0 Å². The molecule has 9 heteroatoms. The standard InChI is InChI=1S/C38H47N3O6/c1-5-31-30-18-11-8-12-19-32(42)46-35(36(43)45-6-2)41-33(26(30)3)34(47-37(41)44)38(31,4)40-22-20-39(21-23-40)25-27-14-13-17-29(24-27)28-15-9-7-10-16-28/h7,9-10,13-17,24,26,35H,5-6,8,11-12,18-23,25H2,1-4H3. The molecule has 3 heterocycles. The molecule has 3 atom stereocenters. The Labute approximate surface area is 277 Å². The molecule has 2 bridgehead atoms. The molecular weight excluding hydrogens is 594 g/mol. The molecule has 6 rings (SSSR count). The van der Waals surface area contributed by atoms with Crippen molar-refractivity contribution in [3.8, 4) is 11.1 Å². The van der Waals surface area contributed by atoms with Crippen LogP contribution in [-0.4, -0.2) is 59.1 Å². The molecule has 0 spiro atoms. The largest absolute Gasteiger partial charge is 0.462 e. The normalized spacial score (nSPS) is 24.3. The Kier molecular flexibility index (Phi) is 9.85. The molecule has 1 saturated heterocycles. The minimum atomic E-state index is -1.53. The van der Waals surface area contributed by atoms with E-state index >= 15 is 0 Å². The molecule has 9 nitrogen and oxygen atoms in total. The zero-order valence-electron chi connectivity index (χ0n) is 28.1. The van der Waals surface area contributed by atoms with Crippen LogP contribution in [0.15, 0.2) is 75.0 Å². The van der Waals surface area contributed by atoms with Gasteiger partial charge in [0.15, 0.2) is 5.76 Å². The summed E-state index contributed by atoms with van der Waals surface area (Å²) < 4.78 is 18.4. The van der Waals surface area contributed by atoms with Gasteiger partial charge in [0, 0.05) is 45.1 Å². The van der Waals surface area contributed by atoms with Gasteiger partial charge < -0.3 is 13.9 Å². The van der Waals surface area contributed by atoms with Gasteiger partial charge in [-0.3, -0.25) is 14.6 Å². The highest BCUT2D eigenvalue weighted by atomic mass is 16.6. The van der Waals surface area contributed by atoms with Crippen molar-refractivity contribution in [2.75, 3.05) is 32.8 Å². The zero-order chi connectivity index (χ0) is 33.1. The number of ether oxygens (including phenoxy) is 2. The number of aromatic nitrogens is 1. The summed E-state index contributed by atoms with van der Waals surface area (Å²) in [6.45, 7) is 12.3. The van der Waals surface area contributed by atoms with E-state index < -0.39 is 29.5 Å². The number of carbonyl (C=O) groups excluding carboxylic acids is 2. The first-order valence-corrected chi connectivity index (χ1v) is 17.2. The summed E-state index contributed by atoms with van der Waals surface area (Å²) >= 11 is 0. The molecular formula is C38H47N3O6. The second-order valence-corrected chi connectivity index (χ2v) is 13.1. The third-order valence-electron chi connectivity index (χ3n) is 10.3. The molecule has 2 aromatic carbocycles. The lowest BCUT2D eigenvalue weighted by atomic mass is 9.70. The van der Waals surface area contributed by atoms with Crippen LogP contribution in [0.3, 0.4) is 0 Å². The van der Waals surface area contributed by atoms with Gasteiger partial charge in [0.05, 0.1) is 12.3 Å². The number of carbonyl (C=O) groups is 2. The number of oxazole rings is 1. The van der Waals surface area contributed by atoms with Crippen LogP contribution in [0.25, 0.3) is 11.1 Å². The molecule has 1 aliphatic carbocycles. The average molecular weight is 642 g/mol. The van der Waals surface area contributed by atoms with Crippen molar-refractivity contribution in [1.82, 2.24) is 14.4 Å². The average Bonchev–Trinajstić information content (AvgIpc) is 3.43. The highest BCUT2D eigenvalue weighted by molar-refractivity contribution is 5.78. The van der Waals surface area contributed by atoms with Crippen molar-refractivity contribution >= 4 is 11.9 Å². The summed E-state index contributed by atoms with van der Waals surface area (Å²) in [6, 6.07) is 19.2. The lowest BCUT2D eigenvalue weighted by molar-refractivity contribution is -0.175. The Bertz CT molecular complexity index is 1680. The maximum atomic E-state index is 13.8. The van der Waals surface area contributed by atoms with Gasteiger partial charge >= 0.3 is 17.7 Å². The zero-order valence-corrected chi connectivity index (χ0v) is 28.1. The first kappa shape index (κ1) is 33.0. The number of fused-ring (bicyclic) bond motifs is 1. The van der Waals surface area contributed by atoms with Crippen LogP contribution in [0.5, 0.6) is 0 Å². The maximum absolute atomic E-state index is 13.8. The van der Waals surface area contributed by atoms with Crippen LogP contribution < -0.4 is 5.76 Å². The van der Waals surface area contributed by atoms with E-state index in [-0.39, 0.29) is 18.9 Å². The molecule has 47 heavy (non-hydrogen) atoms. The van der Waals surface area contributed by atoms with Crippen molar-refractivity contribution in [3.63, 3.8) is 0 Å². The Morgan fingerprint density at radius 1 is 0.936 bits per heavy atom. The van der Waals surface area contributed by atoms with Crippen molar-refractivity contribution in [3.05, 3.63) is 93.3 Å². The van der Waals surface area contributed by atoms with E-state index in [1.54, 1.807) is 6.92 Å². The van der Waals surface area contributed by atoms with Crippen LogP contribution >= 0.6 is 0 Å². The number of hydrogen-bond donors (Lipinski definition) is 0. The van der Waals surface area contributed by atoms with Crippen LogP contribution in [0, 0.1) is 0 Å². The summed E-state index contributed by atoms with van der Waals surface area (Å²) in [5, 5.41) is 0. The molecule has 0 radical (unpaired) electrons. The molecule has 3 aromatic rings. The Morgan fingerprint density at radius 3 is 2.38 bits per heavy atom. The highest BCUT2D eigenvalue weighted by Crippen LogP contribution is 2.51. The summed E-state index contributed by atoms with van der Waals surface area (Å²) in [6.07, 6.45) is 2.78. The third kappa shape index (κ3) is 6.35. The SMILES string of the molecule is CCOC(=O)C1OC(=O)CCCCCC2=C(CC)C(C)(N3CCN(Cc4cccc(-c5ccccc5)c4)CC3)c3oc(=O)n1c3C2C. The minimum Gasteiger partial charge on any atom is -0.462 e.